The second kappa shape index (κ2) is 7.61. The summed E-state index contributed by atoms with van der Waals surface area (Å²) in [6, 6.07) is 4.42. The van der Waals surface area contributed by atoms with Crippen molar-refractivity contribution in [2.24, 2.45) is 5.73 Å². The lowest BCUT2D eigenvalue weighted by atomic mass is 10.1. The molecule has 1 heterocycles. The largest absolute Gasteiger partial charge is 0.492 e. The Morgan fingerprint density at radius 2 is 2.33 bits per heavy atom. The van der Waals surface area contributed by atoms with Crippen molar-refractivity contribution >= 4 is 17.5 Å². The van der Waals surface area contributed by atoms with Crippen molar-refractivity contribution in [1.82, 2.24) is 5.32 Å². The predicted molar refractivity (Wildman–Crippen MR) is 78.7 cm³/mol. The molecule has 0 aromatic heterocycles. The Bertz CT molecular complexity index is 498. The van der Waals surface area contributed by atoms with Gasteiger partial charge in [-0.3, -0.25) is 4.79 Å². The third kappa shape index (κ3) is 4.31. The second-order valence-electron chi connectivity index (χ2n) is 4.82. The van der Waals surface area contributed by atoms with Gasteiger partial charge in [-0.2, -0.15) is 0 Å². The first kappa shape index (κ1) is 16.0. The highest BCUT2D eigenvalue weighted by Gasteiger charge is 2.27. The molecule has 0 radical (unpaired) electrons. The van der Waals surface area contributed by atoms with Crippen LogP contribution in [0.5, 0.6) is 5.75 Å². The van der Waals surface area contributed by atoms with E-state index >= 15 is 0 Å². The number of rotatable bonds is 6. The molecule has 1 saturated heterocycles. The van der Waals surface area contributed by atoms with Gasteiger partial charge in [-0.25, -0.2) is 0 Å². The average Bonchev–Trinajstić information content (AvgIpc) is 2.86. The SMILES string of the molecule is NCCCOc1ccc(C(=O)N[C@H]2COC[C@@H]2O)cc1Cl. The molecular weight excluding hydrogens is 296 g/mol. The molecule has 1 fully saturated rings. The van der Waals surface area contributed by atoms with Gasteiger partial charge in [0.25, 0.3) is 5.91 Å². The van der Waals surface area contributed by atoms with Crippen LogP contribution >= 0.6 is 11.6 Å². The van der Waals surface area contributed by atoms with Crippen molar-refractivity contribution in [3.8, 4) is 5.75 Å². The van der Waals surface area contributed by atoms with Gasteiger partial charge in [-0.15, -0.1) is 0 Å². The van der Waals surface area contributed by atoms with E-state index in [4.69, 9.17) is 26.8 Å². The Morgan fingerprint density at radius 1 is 1.52 bits per heavy atom. The lowest BCUT2D eigenvalue weighted by Gasteiger charge is -2.15. The van der Waals surface area contributed by atoms with Crippen LogP contribution in [0.15, 0.2) is 18.2 Å². The molecule has 1 aliphatic heterocycles. The van der Waals surface area contributed by atoms with Crippen LogP contribution in [0.3, 0.4) is 0 Å². The molecule has 7 heteroatoms. The summed E-state index contributed by atoms with van der Waals surface area (Å²) < 4.78 is 10.5. The van der Waals surface area contributed by atoms with E-state index in [-0.39, 0.29) is 12.5 Å². The van der Waals surface area contributed by atoms with Crippen molar-refractivity contribution < 1.29 is 19.4 Å². The number of benzene rings is 1. The molecule has 0 saturated carbocycles. The highest BCUT2D eigenvalue weighted by molar-refractivity contribution is 6.32. The third-order valence-electron chi connectivity index (χ3n) is 3.17. The molecular formula is C14H19ClN2O4. The molecule has 0 aliphatic carbocycles. The van der Waals surface area contributed by atoms with Gasteiger partial charge in [0.15, 0.2) is 0 Å². The molecule has 6 nitrogen and oxygen atoms in total. The molecule has 2 rings (SSSR count). The van der Waals surface area contributed by atoms with E-state index in [9.17, 15) is 9.90 Å². The van der Waals surface area contributed by atoms with Crippen LogP contribution in [0.4, 0.5) is 0 Å². The second-order valence-corrected chi connectivity index (χ2v) is 5.23. The van der Waals surface area contributed by atoms with E-state index < -0.39 is 12.1 Å². The van der Waals surface area contributed by atoms with Crippen molar-refractivity contribution in [2.75, 3.05) is 26.4 Å². The number of ether oxygens (including phenoxy) is 2. The van der Waals surface area contributed by atoms with E-state index in [1.807, 2.05) is 0 Å². The zero-order valence-electron chi connectivity index (χ0n) is 11.5. The number of nitrogens with two attached hydrogens (primary N) is 1. The van der Waals surface area contributed by atoms with Gasteiger partial charge in [0.1, 0.15) is 5.75 Å². The third-order valence-corrected chi connectivity index (χ3v) is 3.46. The summed E-state index contributed by atoms with van der Waals surface area (Å²) in [7, 11) is 0. The van der Waals surface area contributed by atoms with E-state index in [0.717, 1.165) is 6.42 Å². The maximum atomic E-state index is 12.1. The van der Waals surface area contributed by atoms with Gasteiger partial charge >= 0.3 is 0 Å². The highest BCUT2D eigenvalue weighted by atomic mass is 35.5. The zero-order valence-corrected chi connectivity index (χ0v) is 12.3. The van der Waals surface area contributed by atoms with Crippen molar-refractivity contribution in [1.29, 1.82) is 0 Å². The lowest BCUT2D eigenvalue weighted by molar-refractivity contribution is 0.0886. The fourth-order valence-electron chi connectivity index (χ4n) is 1.96. The van der Waals surface area contributed by atoms with Gasteiger partial charge in [0.2, 0.25) is 0 Å². The molecule has 1 aliphatic rings. The van der Waals surface area contributed by atoms with Gasteiger partial charge in [-0.1, -0.05) is 11.6 Å². The van der Waals surface area contributed by atoms with Crippen LogP contribution in [0.2, 0.25) is 5.02 Å². The minimum absolute atomic E-state index is 0.236. The van der Waals surface area contributed by atoms with Gasteiger partial charge in [-0.05, 0) is 31.2 Å². The van der Waals surface area contributed by atoms with Crippen LogP contribution in [0.1, 0.15) is 16.8 Å². The fraction of sp³-hybridized carbons (Fsp3) is 0.500. The van der Waals surface area contributed by atoms with Gasteiger partial charge < -0.3 is 25.6 Å². The number of halogens is 1. The molecule has 0 bridgehead atoms. The first-order chi connectivity index (χ1) is 10.1. The molecule has 2 atom stereocenters. The molecule has 0 spiro atoms. The van der Waals surface area contributed by atoms with Crippen molar-refractivity contribution in [3.05, 3.63) is 28.8 Å². The molecule has 1 amide bonds. The lowest BCUT2D eigenvalue weighted by Crippen LogP contribution is -2.42. The Kier molecular flexibility index (Phi) is 5.81. The van der Waals surface area contributed by atoms with E-state index in [1.54, 1.807) is 12.1 Å². The van der Waals surface area contributed by atoms with Crippen molar-refractivity contribution in [2.45, 2.75) is 18.6 Å². The molecule has 0 unspecified atom stereocenters. The number of amides is 1. The first-order valence-electron chi connectivity index (χ1n) is 6.81. The Labute approximate surface area is 128 Å². The normalized spacial score (nSPS) is 21.3. The molecule has 4 N–H and O–H groups in total. The Morgan fingerprint density at radius 3 is 2.95 bits per heavy atom. The van der Waals surface area contributed by atoms with E-state index in [0.29, 0.717) is 36.1 Å². The summed E-state index contributed by atoms with van der Waals surface area (Å²) in [5.41, 5.74) is 5.79. The maximum Gasteiger partial charge on any atom is 0.251 e. The van der Waals surface area contributed by atoms with Crippen LogP contribution in [0.25, 0.3) is 0 Å². The Balaban J connectivity index is 1.96. The smallest absolute Gasteiger partial charge is 0.251 e. The van der Waals surface area contributed by atoms with E-state index in [2.05, 4.69) is 5.32 Å². The molecule has 1 aromatic rings. The van der Waals surface area contributed by atoms with Crippen LogP contribution < -0.4 is 15.8 Å². The highest BCUT2D eigenvalue weighted by Crippen LogP contribution is 2.25. The molecule has 21 heavy (non-hydrogen) atoms. The summed E-state index contributed by atoms with van der Waals surface area (Å²) in [4.78, 5) is 12.1. The quantitative estimate of drug-likeness (QED) is 0.667. The minimum atomic E-state index is -0.678. The number of nitrogens with one attached hydrogen (secondary N) is 1. The number of aliphatic hydroxyl groups is 1. The minimum Gasteiger partial charge on any atom is -0.492 e. The topological polar surface area (TPSA) is 93.8 Å². The summed E-state index contributed by atoms with van der Waals surface area (Å²) in [6.07, 6.45) is 0.0568. The van der Waals surface area contributed by atoms with E-state index in [1.165, 1.54) is 6.07 Å². The van der Waals surface area contributed by atoms with Crippen LogP contribution in [-0.4, -0.2) is 49.5 Å². The van der Waals surface area contributed by atoms with Crippen LogP contribution in [0, 0.1) is 0 Å². The van der Waals surface area contributed by atoms with Gasteiger partial charge in [0, 0.05) is 5.56 Å². The summed E-state index contributed by atoms with van der Waals surface area (Å²) >= 11 is 6.09. The predicted octanol–water partition coefficient (Wildman–Crippen LogP) is 0.557. The number of hydrogen-bond acceptors (Lipinski definition) is 5. The van der Waals surface area contributed by atoms with Gasteiger partial charge in [0.05, 0.1) is 37.0 Å². The molecule has 116 valence electrons. The number of carbonyl (C=O) groups excluding carboxylic acids is 1. The summed E-state index contributed by atoms with van der Waals surface area (Å²) in [5, 5.41) is 12.7. The molecule has 1 aromatic carbocycles. The standard InChI is InChI=1S/C14H19ClN2O4/c15-10-6-9(2-3-13(10)21-5-1-4-16)14(19)17-11-7-20-8-12(11)18/h2-3,6,11-12,18H,1,4-5,7-8,16H2,(H,17,19)/t11-,12-/m0/s1. The first-order valence-corrected chi connectivity index (χ1v) is 7.18. The Hall–Kier alpha value is -1.34. The van der Waals surface area contributed by atoms with Crippen LogP contribution in [-0.2, 0) is 4.74 Å². The zero-order chi connectivity index (χ0) is 15.2. The number of aliphatic hydroxyl groups excluding tert-OH is 1. The maximum absolute atomic E-state index is 12.1. The summed E-state index contributed by atoms with van der Waals surface area (Å²) in [5.74, 6) is 0.214. The monoisotopic (exact) mass is 314 g/mol. The number of carbonyl (C=O) groups is 1. The fourth-order valence-corrected chi connectivity index (χ4v) is 2.19. The number of hydrogen-bond donors (Lipinski definition) is 3. The van der Waals surface area contributed by atoms with Crippen molar-refractivity contribution in [3.63, 3.8) is 0 Å². The summed E-state index contributed by atoms with van der Waals surface area (Å²) in [6.45, 7) is 1.57. The average molecular weight is 315 g/mol.